The fraction of sp³-hybridized carbons (Fsp3) is 0.286. The molecule has 1 amide bonds. The molecule has 0 atom stereocenters. The molecular weight excluding hydrogens is 443 g/mol. The largest absolute Gasteiger partial charge is 0.457 e. The van der Waals surface area contributed by atoms with Crippen LogP contribution in [0, 0.1) is 11.7 Å². The van der Waals surface area contributed by atoms with Gasteiger partial charge < -0.3 is 15.0 Å². The molecule has 0 saturated heterocycles. The van der Waals surface area contributed by atoms with Gasteiger partial charge in [0.05, 0.1) is 17.3 Å². The highest BCUT2D eigenvalue weighted by atomic mass is 19.1. The summed E-state index contributed by atoms with van der Waals surface area (Å²) in [4.78, 5) is 15.4. The predicted octanol–water partition coefficient (Wildman–Crippen LogP) is 5.88. The molecule has 35 heavy (non-hydrogen) atoms. The number of rotatable bonds is 10. The zero-order chi connectivity index (χ0) is 24.8. The van der Waals surface area contributed by atoms with Crippen LogP contribution in [0.3, 0.4) is 0 Å². The van der Waals surface area contributed by atoms with Crippen molar-refractivity contribution in [3.63, 3.8) is 0 Å². The maximum Gasteiger partial charge on any atom is 0.255 e. The predicted molar refractivity (Wildman–Crippen MR) is 138 cm³/mol. The van der Waals surface area contributed by atoms with Crippen LogP contribution >= 0.6 is 0 Å². The Morgan fingerprint density at radius 1 is 1.11 bits per heavy atom. The van der Waals surface area contributed by atoms with Gasteiger partial charge in [-0.3, -0.25) is 9.48 Å². The third kappa shape index (κ3) is 6.18. The summed E-state index contributed by atoms with van der Waals surface area (Å²) < 4.78 is 21.3. The van der Waals surface area contributed by atoms with Gasteiger partial charge in [-0.25, -0.2) is 4.39 Å². The highest BCUT2D eigenvalue weighted by Gasteiger charge is 2.18. The van der Waals surface area contributed by atoms with E-state index in [0.717, 1.165) is 36.1 Å². The van der Waals surface area contributed by atoms with E-state index in [4.69, 9.17) is 4.74 Å². The van der Waals surface area contributed by atoms with Crippen LogP contribution in [0.15, 0.2) is 72.9 Å². The first-order chi connectivity index (χ1) is 16.9. The molecule has 0 unspecified atom stereocenters. The summed E-state index contributed by atoms with van der Waals surface area (Å²) in [5.74, 6) is 0.711. The fourth-order valence-electron chi connectivity index (χ4n) is 3.91. The van der Waals surface area contributed by atoms with Crippen LogP contribution in [-0.4, -0.2) is 35.8 Å². The number of hydrogen-bond acceptors (Lipinski definition) is 4. The lowest BCUT2D eigenvalue weighted by Gasteiger charge is -2.19. The number of aromatic nitrogens is 2. The molecule has 1 aromatic heterocycles. The molecule has 0 radical (unpaired) electrons. The molecule has 7 heteroatoms. The molecule has 1 N–H and O–H groups in total. The third-order valence-corrected chi connectivity index (χ3v) is 5.72. The molecule has 0 aliphatic rings. The zero-order valence-corrected chi connectivity index (χ0v) is 20.4. The standard InChI is InChI=1S/C28H31FN4O2/c1-20(2)19-33-26-17-25(28(34)30-14-7-15-32(3)23-8-5-4-6-9-23)27(16-21(26)18-31-33)35-24-12-10-22(29)11-13-24/h4-6,8-13,16-18,20H,7,14-15,19H2,1-3H3,(H,30,34). The van der Waals surface area contributed by atoms with Gasteiger partial charge in [0.1, 0.15) is 17.3 Å². The third-order valence-electron chi connectivity index (χ3n) is 5.72. The van der Waals surface area contributed by atoms with Crippen LogP contribution in [0.2, 0.25) is 0 Å². The quantitative estimate of drug-likeness (QED) is 0.292. The summed E-state index contributed by atoms with van der Waals surface area (Å²) in [6.45, 7) is 6.33. The Kier molecular flexibility index (Phi) is 7.65. The summed E-state index contributed by atoms with van der Waals surface area (Å²) in [5, 5.41) is 8.40. The highest BCUT2D eigenvalue weighted by Crippen LogP contribution is 2.31. The van der Waals surface area contributed by atoms with Gasteiger partial charge in [-0.2, -0.15) is 5.10 Å². The molecule has 0 aliphatic heterocycles. The van der Waals surface area contributed by atoms with Crippen LogP contribution in [0.1, 0.15) is 30.6 Å². The van der Waals surface area contributed by atoms with E-state index in [1.54, 1.807) is 18.3 Å². The molecule has 3 aromatic carbocycles. The zero-order valence-electron chi connectivity index (χ0n) is 20.4. The van der Waals surface area contributed by atoms with Crippen molar-refractivity contribution in [2.24, 2.45) is 5.92 Å². The molecule has 0 bridgehead atoms. The molecule has 1 heterocycles. The van der Waals surface area contributed by atoms with Crippen molar-refractivity contribution >= 4 is 22.5 Å². The number of halogens is 1. The molecular formula is C28H31FN4O2. The number of para-hydroxylation sites is 1. The summed E-state index contributed by atoms with van der Waals surface area (Å²) in [5.41, 5.74) is 2.43. The Labute approximate surface area is 205 Å². The van der Waals surface area contributed by atoms with E-state index in [9.17, 15) is 9.18 Å². The Balaban J connectivity index is 1.51. The van der Waals surface area contributed by atoms with Gasteiger partial charge >= 0.3 is 0 Å². The van der Waals surface area contributed by atoms with E-state index in [-0.39, 0.29) is 11.7 Å². The second-order valence-electron chi connectivity index (χ2n) is 9.05. The van der Waals surface area contributed by atoms with Crippen molar-refractivity contribution in [2.75, 3.05) is 25.0 Å². The topological polar surface area (TPSA) is 59.4 Å². The maximum absolute atomic E-state index is 13.4. The fourth-order valence-corrected chi connectivity index (χ4v) is 3.91. The summed E-state index contributed by atoms with van der Waals surface area (Å²) in [6, 6.07) is 19.5. The minimum Gasteiger partial charge on any atom is -0.457 e. The Bertz CT molecular complexity index is 1270. The average Bonchev–Trinajstić information content (AvgIpc) is 3.23. The molecule has 4 rings (SSSR count). The van der Waals surface area contributed by atoms with E-state index < -0.39 is 0 Å². The van der Waals surface area contributed by atoms with Crippen LogP contribution < -0.4 is 15.0 Å². The average molecular weight is 475 g/mol. The van der Waals surface area contributed by atoms with Crippen LogP contribution in [0.25, 0.3) is 10.9 Å². The molecule has 182 valence electrons. The number of carbonyl (C=O) groups is 1. The van der Waals surface area contributed by atoms with Crippen molar-refractivity contribution in [2.45, 2.75) is 26.8 Å². The van der Waals surface area contributed by atoms with E-state index in [2.05, 4.69) is 41.3 Å². The first-order valence-electron chi connectivity index (χ1n) is 11.9. The number of benzene rings is 3. The number of carbonyl (C=O) groups excluding carboxylic acids is 1. The lowest BCUT2D eigenvalue weighted by Crippen LogP contribution is -2.28. The van der Waals surface area contributed by atoms with Gasteiger partial charge in [0, 0.05) is 37.8 Å². The highest BCUT2D eigenvalue weighted by molar-refractivity contribution is 6.01. The van der Waals surface area contributed by atoms with Crippen molar-refractivity contribution in [3.8, 4) is 11.5 Å². The molecule has 4 aromatic rings. The van der Waals surface area contributed by atoms with Crippen LogP contribution in [-0.2, 0) is 6.54 Å². The molecule has 0 spiro atoms. The normalized spacial score (nSPS) is 11.1. The van der Waals surface area contributed by atoms with E-state index in [1.165, 1.54) is 12.1 Å². The molecule has 6 nitrogen and oxygen atoms in total. The number of ether oxygens (including phenoxy) is 1. The summed E-state index contributed by atoms with van der Waals surface area (Å²) in [6.07, 6.45) is 2.56. The van der Waals surface area contributed by atoms with Crippen LogP contribution in [0.5, 0.6) is 11.5 Å². The monoisotopic (exact) mass is 474 g/mol. The number of amides is 1. The smallest absolute Gasteiger partial charge is 0.255 e. The second kappa shape index (κ2) is 11.0. The summed E-state index contributed by atoms with van der Waals surface area (Å²) >= 11 is 0. The number of nitrogens with one attached hydrogen (secondary N) is 1. The van der Waals surface area contributed by atoms with Crippen molar-refractivity contribution in [3.05, 3.63) is 84.3 Å². The minimum absolute atomic E-state index is 0.219. The lowest BCUT2D eigenvalue weighted by molar-refractivity contribution is 0.0951. The van der Waals surface area contributed by atoms with Crippen LogP contribution in [0.4, 0.5) is 10.1 Å². The maximum atomic E-state index is 13.4. The Morgan fingerprint density at radius 3 is 2.57 bits per heavy atom. The van der Waals surface area contributed by atoms with E-state index in [0.29, 0.717) is 29.5 Å². The van der Waals surface area contributed by atoms with Crippen molar-refractivity contribution < 1.29 is 13.9 Å². The van der Waals surface area contributed by atoms with Gasteiger partial charge in [0.25, 0.3) is 5.91 Å². The SMILES string of the molecule is CC(C)Cn1ncc2cc(Oc3ccc(F)cc3)c(C(=O)NCCCN(C)c3ccccc3)cc21. The molecule has 0 fully saturated rings. The first kappa shape index (κ1) is 24.3. The molecule has 0 aliphatic carbocycles. The Morgan fingerprint density at radius 2 is 1.86 bits per heavy atom. The number of fused-ring (bicyclic) bond motifs is 1. The lowest BCUT2D eigenvalue weighted by atomic mass is 10.1. The first-order valence-corrected chi connectivity index (χ1v) is 11.9. The van der Waals surface area contributed by atoms with Gasteiger partial charge in [-0.1, -0.05) is 32.0 Å². The minimum atomic E-state index is -0.346. The van der Waals surface area contributed by atoms with Crippen molar-refractivity contribution in [1.82, 2.24) is 15.1 Å². The van der Waals surface area contributed by atoms with Gasteiger partial charge in [-0.15, -0.1) is 0 Å². The molecule has 0 saturated carbocycles. The van der Waals surface area contributed by atoms with Gasteiger partial charge in [0.15, 0.2) is 0 Å². The van der Waals surface area contributed by atoms with Crippen molar-refractivity contribution in [1.29, 1.82) is 0 Å². The number of nitrogens with zero attached hydrogens (tertiary/aromatic N) is 3. The summed E-state index contributed by atoms with van der Waals surface area (Å²) in [7, 11) is 2.04. The van der Waals surface area contributed by atoms with Gasteiger partial charge in [0.2, 0.25) is 0 Å². The number of hydrogen-bond donors (Lipinski definition) is 1. The second-order valence-corrected chi connectivity index (χ2v) is 9.05. The number of anilines is 1. The van der Waals surface area contributed by atoms with E-state index >= 15 is 0 Å². The van der Waals surface area contributed by atoms with Gasteiger partial charge in [-0.05, 0) is 60.9 Å². The van der Waals surface area contributed by atoms with E-state index in [1.807, 2.05) is 42.1 Å². The Hall–Kier alpha value is -3.87.